The lowest BCUT2D eigenvalue weighted by molar-refractivity contribution is 0.747. The average molecular weight is 254 g/mol. The van der Waals surface area contributed by atoms with Crippen LogP contribution < -0.4 is 5.32 Å². The smallest absolute Gasteiger partial charge is 0.254 e. The number of fused-ring (bicyclic) bond motifs is 1. The largest absolute Gasteiger partial charge is 0.368 e. The van der Waals surface area contributed by atoms with Gasteiger partial charge in [0, 0.05) is 18.3 Å². The quantitative estimate of drug-likeness (QED) is 0.831. The SMILES string of the molecule is CCCC(Cl)CNc1cc(C)nc2ncnn12. The lowest BCUT2D eigenvalue weighted by Crippen LogP contribution is -2.16. The molecule has 0 spiro atoms. The van der Waals surface area contributed by atoms with Crippen LogP contribution in [0.4, 0.5) is 5.82 Å². The summed E-state index contributed by atoms with van der Waals surface area (Å²) in [5.41, 5.74) is 0.912. The Labute approximate surface area is 105 Å². The molecule has 0 saturated carbocycles. The van der Waals surface area contributed by atoms with Crippen LogP contribution in [0.5, 0.6) is 0 Å². The Bertz CT molecular complexity index is 496. The van der Waals surface area contributed by atoms with Crippen LogP contribution in [0.15, 0.2) is 12.4 Å². The summed E-state index contributed by atoms with van der Waals surface area (Å²) in [4.78, 5) is 8.35. The first-order valence-corrected chi connectivity index (χ1v) is 6.19. The van der Waals surface area contributed by atoms with Gasteiger partial charge in [-0.2, -0.15) is 14.6 Å². The molecule has 1 unspecified atom stereocenters. The summed E-state index contributed by atoms with van der Waals surface area (Å²) in [5.74, 6) is 1.49. The number of nitrogens with one attached hydrogen (secondary N) is 1. The van der Waals surface area contributed by atoms with Crippen molar-refractivity contribution in [2.45, 2.75) is 32.1 Å². The van der Waals surface area contributed by atoms with E-state index in [9.17, 15) is 0 Å². The summed E-state index contributed by atoms with van der Waals surface area (Å²) in [5, 5.41) is 7.54. The Hall–Kier alpha value is -1.36. The zero-order valence-electron chi connectivity index (χ0n) is 10.0. The summed E-state index contributed by atoms with van der Waals surface area (Å²) >= 11 is 6.17. The van der Waals surface area contributed by atoms with Gasteiger partial charge >= 0.3 is 0 Å². The molecule has 6 heteroatoms. The first-order valence-electron chi connectivity index (χ1n) is 5.76. The molecule has 0 radical (unpaired) electrons. The van der Waals surface area contributed by atoms with Crippen molar-refractivity contribution >= 4 is 23.2 Å². The van der Waals surface area contributed by atoms with Gasteiger partial charge in [0.25, 0.3) is 5.78 Å². The van der Waals surface area contributed by atoms with Crippen LogP contribution in [-0.2, 0) is 0 Å². The molecule has 2 heterocycles. The fourth-order valence-electron chi connectivity index (χ4n) is 1.69. The zero-order valence-corrected chi connectivity index (χ0v) is 10.8. The molecule has 0 aromatic carbocycles. The molecule has 5 nitrogen and oxygen atoms in total. The second-order valence-electron chi connectivity index (χ2n) is 4.02. The highest BCUT2D eigenvalue weighted by Crippen LogP contribution is 2.12. The Balaban J connectivity index is 2.14. The summed E-state index contributed by atoms with van der Waals surface area (Å²) in [7, 11) is 0. The average Bonchev–Trinajstić information content (AvgIpc) is 2.74. The molecule has 1 atom stereocenters. The Morgan fingerprint density at radius 2 is 2.35 bits per heavy atom. The highest BCUT2D eigenvalue weighted by Gasteiger charge is 2.07. The molecule has 0 aliphatic carbocycles. The number of anilines is 1. The molecule has 1 N–H and O–H groups in total. The third-order valence-corrected chi connectivity index (χ3v) is 2.86. The number of rotatable bonds is 5. The fraction of sp³-hybridized carbons (Fsp3) is 0.545. The normalized spacial score (nSPS) is 12.9. The maximum absolute atomic E-state index is 6.17. The molecular formula is C11H16ClN5. The Morgan fingerprint density at radius 3 is 3.12 bits per heavy atom. The molecule has 0 saturated heterocycles. The van der Waals surface area contributed by atoms with E-state index >= 15 is 0 Å². The van der Waals surface area contributed by atoms with Crippen molar-refractivity contribution < 1.29 is 0 Å². The second kappa shape index (κ2) is 5.31. The standard InChI is InChI=1S/C11H16ClN5/c1-3-4-9(12)6-13-10-5-8(2)16-11-14-7-15-17(10)11/h5,7,9,13H,3-4,6H2,1-2H3. The molecule has 2 aromatic rings. The molecule has 0 bridgehead atoms. The van der Waals surface area contributed by atoms with E-state index < -0.39 is 0 Å². The zero-order chi connectivity index (χ0) is 12.3. The molecule has 2 aromatic heterocycles. The van der Waals surface area contributed by atoms with Crippen LogP contribution >= 0.6 is 11.6 Å². The highest BCUT2D eigenvalue weighted by molar-refractivity contribution is 6.20. The number of nitrogens with zero attached hydrogens (tertiary/aromatic N) is 4. The van der Waals surface area contributed by atoms with Gasteiger partial charge in [-0.25, -0.2) is 4.98 Å². The maximum Gasteiger partial charge on any atom is 0.254 e. The van der Waals surface area contributed by atoms with Gasteiger partial charge < -0.3 is 5.32 Å². The van der Waals surface area contributed by atoms with Crippen molar-refractivity contribution in [3.63, 3.8) is 0 Å². The van der Waals surface area contributed by atoms with Crippen molar-refractivity contribution in [3.8, 4) is 0 Å². The monoisotopic (exact) mass is 253 g/mol. The molecule has 2 rings (SSSR count). The van der Waals surface area contributed by atoms with Gasteiger partial charge in [0.15, 0.2) is 0 Å². The van der Waals surface area contributed by atoms with E-state index in [1.165, 1.54) is 6.33 Å². The van der Waals surface area contributed by atoms with Crippen LogP contribution in [0.2, 0.25) is 0 Å². The van der Waals surface area contributed by atoms with Crippen LogP contribution in [0.1, 0.15) is 25.5 Å². The number of halogens is 1. The Kier molecular flexibility index (Phi) is 3.78. The summed E-state index contributed by atoms with van der Waals surface area (Å²) < 4.78 is 1.68. The minimum atomic E-state index is 0.132. The van der Waals surface area contributed by atoms with Crippen molar-refractivity contribution in [1.82, 2.24) is 19.6 Å². The predicted molar refractivity (Wildman–Crippen MR) is 68.6 cm³/mol. The van der Waals surface area contributed by atoms with E-state index in [-0.39, 0.29) is 5.38 Å². The lowest BCUT2D eigenvalue weighted by Gasteiger charge is -2.11. The van der Waals surface area contributed by atoms with E-state index in [0.29, 0.717) is 12.3 Å². The third kappa shape index (κ3) is 2.85. The number of hydrogen-bond acceptors (Lipinski definition) is 4. The van der Waals surface area contributed by atoms with Crippen molar-refractivity contribution in [2.24, 2.45) is 0 Å². The molecule has 0 amide bonds. The minimum Gasteiger partial charge on any atom is -0.368 e. The molecule has 0 aliphatic heterocycles. The topological polar surface area (TPSA) is 55.1 Å². The number of hydrogen-bond donors (Lipinski definition) is 1. The summed E-state index contributed by atoms with van der Waals surface area (Å²) in [6, 6.07) is 1.94. The van der Waals surface area contributed by atoms with Gasteiger partial charge in [-0.15, -0.1) is 11.6 Å². The van der Waals surface area contributed by atoms with E-state index in [2.05, 4.69) is 27.3 Å². The molecule has 0 aliphatic rings. The molecule has 0 fully saturated rings. The number of aryl methyl sites for hydroxylation is 1. The summed E-state index contributed by atoms with van der Waals surface area (Å²) in [6.45, 7) is 4.78. The fourth-order valence-corrected chi connectivity index (χ4v) is 1.98. The van der Waals surface area contributed by atoms with Gasteiger partial charge in [-0.05, 0) is 13.3 Å². The maximum atomic E-state index is 6.17. The highest BCUT2D eigenvalue weighted by atomic mass is 35.5. The first-order chi connectivity index (χ1) is 8.20. The van der Waals surface area contributed by atoms with Gasteiger partial charge in [0.1, 0.15) is 12.1 Å². The number of alkyl halides is 1. The molecule has 92 valence electrons. The predicted octanol–water partition coefficient (Wildman–Crippen LogP) is 2.25. The number of aromatic nitrogens is 4. The van der Waals surface area contributed by atoms with Crippen molar-refractivity contribution in [3.05, 3.63) is 18.1 Å². The summed E-state index contributed by atoms with van der Waals surface area (Å²) in [6.07, 6.45) is 3.58. The van der Waals surface area contributed by atoms with E-state index in [0.717, 1.165) is 24.4 Å². The van der Waals surface area contributed by atoms with E-state index in [1.807, 2.05) is 13.0 Å². The van der Waals surface area contributed by atoms with Crippen LogP contribution in [0, 0.1) is 6.92 Å². The van der Waals surface area contributed by atoms with Crippen molar-refractivity contribution in [2.75, 3.05) is 11.9 Å². The van der Waals surface area contributed by atoms with Gasteiger partial charge in [-0.3, -0.25) is 0 Å². The van der Waals surface area contributed by atoms with Crippen LogP contribution in [0.3, 0.4) is 0 Å². The van der Waals surface area contributed by atoms with Gasteiger partial charge in [0.2, 0.25) is 0 Å². The third-order valence-electron chi connectivity index (χ3n) is 2.49. The second-order valence-corrected chi connectivity index (χ2v) is 4.64. The lowest BCUT2D eigenvalue weighted by atomic mass is 10.2. The van der Waals surface area contributed by atoms with Crippen molar-refractivity contribution in [1.29, 1.82) is 0 Å². The molecule has 17 heavy (non-hydrogen) atoms. The van der Waals surface area contributed by atoms with E-state index in [1.54, 1.807) is 4.52 Å². The first kappa shape index (κ1) is 12.1. The minimum absolute atomic E-state index is 0.132. The Morgan fingerprint density at radius 1 is 1.53 bits per heavy atom. The van der Waals surface area contributed by atoms with Crippen LogP contribution in [0.25, 0.3) is 5.78 Å². The van der Waals surface area contributed by atoms with E-state index in [4.69, 9.17) is 11.6 Å². The van der Waals surface area contributed by atoms with Gasteiger partial charge in [-0.1, -0.05) is 13.3 Å². The van der Waals surface area contributed by atoms with Gasteiger partial charge in [0.05, 0.1) is 5.38 Å². The molecular weight excluding hydrogens is 238 g/mol. The van der Waals surface area contributed by atoms with Crippen LogP contribution in [-0.4, -0.2) is 31.5 Å².